The molecule has 0 bridgehead atoms. The molecule has 1 aliphatic rings. The predicted molar refractivity (Wildman–Crippen MR) is 64.5 cm³/mol. The summed E-state index contributed by atoms with van der Waals surface area (Å²) in [5, 5.41) is 21.3. The van der Waals surface area contributed by atoms with Gasteiger partial charge in [0.2, 0.25) is 0 Å². The Morgan fingerprint density at radius 1 is 1.41 bits per heavy atom. The first-order valence-corrected chi connectivity index (χ1v) is 6.03. The summed E-state index contributed by atoms with van der Waals surface area (Å²) < 4.78 is 0. The molecule has 17 heavy (non-hydrogen) atoms. The van der Waals surface area contributed by atoms with Crippen molar-refractivity contribution in [1.29, 1.82) is 0 Å². The fourth-order valence-electron chi connectivity index (χ4n) is 2.15. The highest BCUT2D eigenvalue weighted by Gasteiger charge is 2.19. The van der Waals surface area contributed by atoms with E-state index in [1.807, 2.05) is 0 Å². The van der Waals surface area contributed by atoms with E-state index in [4.69, 9.17) is 0 Å². The first-order chi connectivity index (χ1) is 8.34. The topological polar surface area (TPSA) is 73.8 Å². The average molecular weight is 232 g/mol. The number of H-pyrrole nitrogens is 1. The lowest BCUT2D eigenvalue weighted by molar-refractivity contribution is 0.162. The third-order valence-electron chi connectivity index (χ3n) is 3.46. The third-order valence-corrected chi connectivity index (χ3v) is 3.46. The maximum atomic E-state index is 10.2. The van der Waals surface area contributed by atoms with E-state index < -0.39 is 6.10 Å². The summed E-state index contributed by atoms with van der Waals surface area (Å²) in [4.78, 5) is 4.11. The summed E-state index contributed by atoms with van der Waals surface area (Å²) in [7, 11) is 0. The van der Waals surface area contributed by atoms with Crippen molar-refractivity contribution < 1.29 is 5.11 Å². The maximum Gasteiger partial charge on any atom is 0.0936 e. The molecule has 90 valence electrons. The Morgan fingerprint density at radius 3 is 3.06 bits per heavy atom. The minimum Gasteiger partial charge on any atom is -0.387 e. The number of aromatic amines is 1. The summed E-state index contributed by atoms with van der Waals surface area (Å²) >= 11 is 0. The monoisotopic (exact) mass is 232 g/mol. The summed E-state index contributed by atoms with van der Waals surface area (Å²) in [6, 6.07) is 0.584. The van der Waals surface area contributed by atoms with Gasteiger partial charge in [0, 0.05) is 29.7 Å². The van der Waals surface area contributed by atoms with Crippen molar-refractivity contribution in [2.24, 2.45) is 0 Å². The Hall–Kier alpha value is -1.46. The average Bonchev–Trinajstić information content (AvgIpc) is 2.74. The number of nitrogens with zero attached hydrogens (tertiary/aromatic N) is 2. The van der Waals surface area contributed by atoms with Gasteiger partial charge in [0.15, 0.2) is 0 Å². The van der Waals surface area contributed by atoms with Gasteiger partial charge in [0.05, 0.1) is 24.0 Å². The number of hydrogen-bond donors (Lipinski definition) is 3. The van der Waals surface area contributed by atoms with Crippen molar-refractivity contribution in [3.63, 3.8) is 0 Å². The van der Waals surface area contributed by atoms with E-state index in [0.717, 1.165) is 16.5 Å². The molecule has 0 spiro atoms. The van der Waals surface area contributed by atoms with E-state index >= 15 is 0 Å². The molecule has 1 atom stereocenters. The van der Waals surface area contributed by atoms with Crippen LogP contribution in [0.3, 0.4) is 0 Å². The Morgan fingerprint density at radius 2 is 2.29 bits per heavy atom. The smallest absolute Gasteiger partial charge is 0.0936 e. The van der Waals surface area contributed by atoms with Crippen LogP contribution >= 0.6 is 0 Å². The van der Waals surface area contributed by atoms with E-state index in [9.17, 15) is 5.11 Å². The van der Waals surface area contributed by atoms with Gasteiger partial charge in [0.1, 0.15) is 0 Å². The van der Waals surface area contributed by atoms with Crippen molar-refractivity contribution in [1.82, 2.24) is 20.5 Å². The number of hydrogen-bond acceptors (Lipinski definition) is 4. The Kier molecular flexibility index (Phi) is 2.78. The first kappa shape index (κ1) is 10.7. The Labute approximate surface area is 99.3 Å². The van der Waals surface area contributed by atoms with E-state index in [1.165, 1.54) is 19.3 Å². The molecule has 0 aromatic carbocycles. The maximum absolute atomic E-state index is 10.2. The van der Waals surface area contributed by atoms with Crippen LogP contribution < -0.4 is 5.32 Å². The fraction of sp³-hybridized carbons (Fsp3) is 0.500. The molecule has 5 heteroatoms. The van der Waals surface area contributed by atoms with Crippen LogP contribution in [0.4, 0.5) is 0 Å². The molecule has 3 rings (SSSR count). The molecule has 0 radical (unpaired) electrons. The van der Waals surface area contributed by atoms with Crippen molar-refractivity contribution in [3.8, 4) is 0 Å². The number of fused-ring (bicyclic) bond motifs is 1. The molecular weight excluding hydrogens is 216 g/mol. The van der Waals surface area contributed by atoms with Gasteiger partial charge in [-0.15, -0.1) is 0 Å². The van der Waals surface area contributed by atoms with E-state index in [1.54, 1.807) is 18.6 Å². The second-order valence-electron chi connectivity index (χ2n) is 4.61. The van der Waals surface area contributed by atoms with Crippen molar-refractivity contribution in [2.45, 2.75) is 31.4 Å². The number of nitrogens with one attached hydrogen (secondary N) is 2. The van der Waals surface area contributed by atoms with Crippen molar-refractivity contribution in [3.05, 3.63) is 24.2 Å². The van der Waals surface area contributed by atoms with Gasteiger partial charge in [-0.25, -0.2) is 0 Å². The molecule has 1 saturated carbocycles. The van der Waals surface area contributed by atoms with Crippen molar-refractivity contribution >= 4 is 10.9 Å². The summed E-state index contributed by atoms with van der Waals surface area (Å²) in [5.41, 5.74) is 1.70. The molecular formula is C12H16N4O. The highest BCUT2D eigenvalue weighted by Crippen LogP contribution is 2.23. The van der Waals surface area contributed by atoms with Crippen LogP contribution in [-0.4, -0.2) is 32.9 Å². The van der Waals surface area contributed by atoms with Crippen LogP contribution in [0.15, 0.2) is 18.6 Å². The fourth-order valence-corrected chi connectivity index (χ4v) is 2.15. The lowest BCUT2D eigenvalue weighted by Gasteiger charge is -2.27. The largest absolute Gasteiger partial charge is 0.387 e. The molecule has 3 N–H and O–H groups in total. The summed E-state index contributed by atoms with van der Waals surface area (Å²) in [5.74, 6) is 0. The highest BCUT2D eigenvalue weighted by molar-refractivity contribution is 5.80. The van der Waals surface area contributed by atoms with E-state index in [2.05, 4.69) is 20.5 Å². The number of pyridine rings is 1. The highest BCUT2D eigenvalue weighted by atomic mass is 16.3. The standard InChI is InChI=1S/C12H16N4O/c17-12(7-14-8-2-1-3-8)10-4-13-6-11-9(10)5-15-16-11/h4-6,8,12,14,17H,1-3,7H2,(H,15,16)/t12-/m0/s1. The number of aliphatic hydroxyl groups excluding tert-OH is 1. The third kappa shape index (κ3) is 2.03. The zero-order valence-electron chi connectivity index (χ0n) is 9.56. The molecule has 1 fully saturated rings. The summed E-state index contributed by atoms with van der Waals surface area (Å²) in [6.45, 7) is 0.580. The van der Waals surface area contributed by atoms with Gasteiger partial charge < -0.3 is 10.4 Å². The molecule has 0 saturated heterocycles. The molecule has 0 amide bonds. The quantitative estimate of drug-likeness (QED) is 0.739. The first-order valence-electron chi connectivity index (χ1n) is 6.03. The van der Waals surface area contributed by atoms with E-state index in [-0.39, 0.29) is 0 Å². The number of aromatic nitrogens is 3. The van der Waals surface area contributed by atoms with Gasteiger partial charge >= 0.3 is 0 Å². The second kappa shape index (κ2) is 4.43. The molecule has 5 nitrogen and oxygen atoms in total. The Balaban J connectivity index is 1.75. The molecule has 2 aromatic rings. The van der Waals surface area contributed by atoms with Gasteiger partial charge in [-0.3, -0.25) is 10.1 Å². The molecule has 1 aliphatic carbocycles. The van der Waals surface area contributed by atoms with Crippen LogP contribution in [0.1, 0.15) is 30.9 Å². The zero-order chi connectivity index (χ0) is 11.7. The van der Waals surface area contributed by atoms with Crippen molar-refractivity contribution in [2.75, 3.05) is 6.54 Å². The van der Waals surface area contributed by atoms with Gasteiger partial charge in [-0.2, -0.15) is 5.10 Å². The molecule has 2 heterocycles. The van der Waals surface area contributed by atoms with Crippen LogP contribution in [0.25, 0.3) is 10.9 Å². The van der Waals surface area contributed by atoms with E-state index in [0.29, 0.717) is 12.6 Å². The van der Waals surface area contributed by atoms with Gasteiger partial charge in [-0.1, -0.05) is 6.42 Å². The SMILES string of the molecule is O[C@@H](CNC1CCC1)c1cncc2[nH]ncc12. The van der Waals surface area contributed by atoms with Gasteiger partial charge in [-0.05, 0) is 12.8 Å². The second-order valence-corrected chi connectivity index (χ2v) is 4.61. The van der Waals surface area contributed by atoms with Crippen LogP contribution in [0.5, 0.6) is 0 Å². The minimum absolute atomic E-state index is 0.524. The molecule has 0 unspecified atom stereocenters. The predicted octanol–water partition coefficient (Wildman–Crippen LogP) is 1.13. The molecule has 0 aliphatic heterocycles. The lowest BCUT2D eigenvalue weighted by Crippen LogP contribution is -2.37. The lowest BCUT2D eigenvalue weighted by atomic mass is 9.93. The normalized spacial score (nSPS) is 18.2. The van der Waals surface area contributed by atoms with Crippen LogP contribution in [0.2, 0.25) is 0 Å². The Bertz CT molecular complexity index is 506. The number of rotatable bonds is 4. The summed E-state index contributed by atoms with van der Waals surface area (Å²) in [6.07, 6.45) is 8.39. The minimum atomic E-state index is -0.524. The zero-order valence-corrected chi connectivity index (χ0v) is 9.56. The number of aliphatic hydroxyl groups is 1. The van der Waals surface area contributed by atoms with Crippen LogP contribution in [0, 0.1) is 0 Å². The molecule has 2 aromatic heterocycles. The van der Waals surface area contributed by atoms with Crippen LogP contribution in [-0.2, 0) is 0 Å². The van der Waals surface area contributed by atoms with Gasteiger partial charge in [0.25, 0.3) is 0 Å².